The fourth-order valence-electron chi connectivity index (χ4n) is 9.65. The summed E-state index contributed by atoms with van der Waals surface area (Å²) in [5, 5.41) is 24.6. The minimum Gasteiger partial charge on any atom is -0.459 e. The maximum absolute atomic E-state index is 14.6. The average molecular weight is 875 g/mol. The molecule has 2 aromatic rings. The summed E-state index contributed by atoms with van der Waals surface area (Å²) in [5.74, 6) is -4.90. The largest absolute Gasteiger partial charge is 0.459 e. The Balaban J connectivity index is 1.77. The normalized spacial score (nSPS) is 37.5. The van der Waals surface area contributed by atoms with Crippen molar-refractivity contribution in [2.45, 2.75) is 142 Å². The molecule has 3 aliphatic rings. The van der Waals surface area contributed by atoms with Gasteiger partial charge in [-0.3, -0.25) is 9.59 Å². The van der Waals surface area contributed by atoms with Crippen molar-refractivity contribution in [1.82, 2.24) is 4.90 Å². The zero-order chi connectivity index (χ0) is 46.2. The molecule has 0 spiro atoms. The molecule has 3 saturated heterocycles. The number of ether oxygens (including phenoxy) is 6. The Morgan fingerprint density at radius 1 is 0.968 bits per heavy atom. The van der Waals surface area contributed by atoms with Gasteiger partial charge in [0.1, 0.15) is 23.9 Å². The van der Waals surface area contributed by atoms with E-state index in [1.165, 1.54) is 6.92 Å². The first-order chi connectivity index (χ1) is 29.8. The lowest BCUT2D eigenvalue weighted by Gasteiger charge is -2.49. The molecule has 14 atom stereocenters. The maximum atomic E-state index is 14.6. The first-order valence-electron chi connectivity index (χ1n) is 22.4. The number of fused-ring (bicyclic) bond motifs is 5. The van der Waals surface area contributed by atoms with E-state index in [1.54, 1.807) is 51.1 Å². The predicted molar refractivity (Wildman–Crippen MR) is 241 cm³/mol. The van der Waals surface area contributed by atoms with Crippen LogP contribution >= 0.6 is 0 Å². The van der Waals surface area contributed by atoms with Gasteiger partial charge < -0.3 is 43.5 Å². The number of cyclic esters (lactones) is 1. The highest BCUT2D eigenvalue weighted by Crippen LogP contribution is 2.42. The Morgan fingerprint density at radius 3 is 2.24 bits per heavy atom. The minimum atomic E-state index is -1.81. The highest BCUT2D eigenvalue weighted by Gasteiger charge is 2.54. The molecule has 63 heavy (non-hydrogen) atoms. The lowest BCUT2D eigenvalue weighted by molar-refractivity contribution is -0.302. The molecule has 346 valence electrons. The lowest BCUT2D eigenvalue weighted by Crippen LogP contribution is -2.61. The first kappa shape index (κ1) is 49.9. The number of nitrogens with zero attached hydrogens (tertiary/aromatic N) is 2. The number of aliphatic hydroxyl groups excluding tert-OH is 1. The quantitative estimate of drug-likeness (QED) is 0.266. The van der Waals surface area contributed by atoms with E-state index in [9.17, 15) is 24.6 Å². The van der Waals surface area contributed by atoms with Crippen LogP contribution in [0.15, 0.2) is 83.4 Å². The fourth-order valence-corrected chi connectivity index (χ4v) is 9.65. The number of allylic oxidation sites excluding steroid dienone is 2. The molecule has 0 unspecified atom stereocenters. The van der Waals surface area contributed by atoms with Crippen LogP contribution in [0.25, 0.3) is 6.08 Å². The number of aliphatic imine (C=N–C) groups is 1. The van der Waals surface area contributed by atoms with Crippen molar-refractivity contribution < 1.29 is 53.0 Å². The number of hydrogen-bond donors (Lipinski definition) is 2. The Labute approximate surface area is 373 Å². The molecule has 5 rings (SSSR count). The third kappa shape index (κ3) is 12.2. The van der Waals surface area contributed by atoms with Gasteiger partial charge in [0, 0.05) is 30.5 Å². The fraction of sp³-hybridized carbons (Fsp3) is 0.600. The molecule has 2 bridgehead atoms. The molecule has 2 N–H and O–H groups in total. The van der Waals surface area contributed by atoms with Gasteiger partial charge in [-0.05, 0) is 90.2 Å². The van der Waals surface area contributed by atoms with Crippen LogP contribution < -0.4 is 0 Å². The number of esters is 2. The van der Waals surface area contributed by atoms with E-state index in [1.807, 2.05) is 102 Å². The van der Waals surface area contributed by atoms with E-state index in [0.717, 1.165) is 5.56 Å². The number of aliphatic hydroxyl groups is 2. The van der Waals surface area contributed by atoms with Gasteiger partial charge in [-0.15, -0.1) is 0 Å². The van der Waals surface area contributed by atoms with Gasteiger partial charge in [0.25, 0.3) is 0 Å². The molecule has 3 aliphatic heterocycles. The summed E-state index contributed by atoms with van der Waals surface area (Å²) in [6.07, 6.45) is -0.175. The molecule has 13 heteroatoms. The molecule has 1 amide bonds. The zero-order valence-corrected chi connectivity index (χ0v) is 38.9. The predicted octanol–water partition coefficient (Wildman–Crippen LogP) is 6.85. The summed E-state index contributed by atoms with van der Waals surface area (Å²) < 4.78 is 40.0. The van der Waals surface area contributed by atoms with Crippen LogP contribution in [0.5, 0.6) is 0 Å². The van der Waals surface area contributed by atoms with Crippen LogP contribution in [0.2, 0.25) is 0 Å². The monoisotopic (exact) mass is 874 g/mol. The topological polar surface area (TPSA) is 163 Å². The summed E-state index contributed by atoms with van der Waals surface area (Å²) in [5.41, 5.74) is -0.699. The molecule has 0 aliphatic carbocycles. The van der Waals surface area contributed by atoms with Crippen LogP contribution in [0.4, 0.5) is 0 Å². The third-order valence-corrected chi connectivity index (χ3v) is 13.0. The molecular weight excluding hydrogens is 805 g/mol. The van der Waals surface area contributed by atoms with Crippen molar-refractivity contribution in [3.05, 3.63) is 89.5 Å². The smallest absolute Gasteiger partial charge is 0.338 e. The van der Waals surface area contributed by atoms with Gasteiger partial charge in [-0.25, -0.2) is 9.79 Å². The van der Waals surface area contributed by atoms with Gasteiger partial charge in [0.2, 0.25) is 5.91 Å². The number of benzene rings is 2. The van der Waals surface area contributed by atoms with Crippen LogP contribution in [-0.2, 0) is 38.0 Å². The number of carbonyl (C=O) groups excluding carboxylic acids is 3. The molecule has 3 heterocycles. The van der Waals surface area contributed by atoms with Gasteiger partial charge in [-0.1, -0.05) is 94.5 Å². The lowest BCUT2D eigenvalue weighted by atomic mass is 9.73. The van der Waals surface area contributed by atoms with Crippen molar-refractivity contribution in [3.63, 3.8) is 0 Å². The molecule has 13 nitrogen and oxygen atoms in total. The van der Waals surface area contributed by atoms with Gasteiger partial charge in [-0.2, -0.15) is 0 Å². The van der Waals surface area contributed by atoms with Crippen LogP contribution in [0, 0.1) is 23.7 Å². The van der Waals surface area contributed by atoms with Crippen LogP contribution in [0.1, 0.15) is 97.5 Å². The van der Waals surface area contributed by atoms with Crippen molar-refractivity contribution in [2.24, 2.45) is 28.7 Å². The first-order valence-corrected chi connectivity index (χ1v) is 22.4. The highest BCUT2D eigenvalue weighted by atomic mass is 16.7. The number of carbonyl (C=O) groups is 3. The Bertz CT molecular complexity index is 1930. The number of hydrogen-bond acceptors (Lipinski definition) is 12. The molecule has 0 radical (unpaired) electrons. The highest BCUT2D eigenvalue weighted by molar-refractivity contribution is 5.98. The van der Waals surface area contributed by atoms with Crippen molar-refractivity contribution >= 4 is 29.6 Å². The number of rotatable bonds is 8. The third-order valence-electron chi connectivity index (χ3n) is 13.0. The zero-order valence-electron chi connectivity index (χ0n) is 38.9. The van der Waals surface area contributed by atoms with Crippen molar-refractivity contribution in [3.8, 4) is 0 Å². The van der Waals surface area contributed by atoms with Crippen LogP contribution in [-0.4, -0.2) is 126 Å². The van der Waals surface area contributed by atoms with Gasteiger partial charge in [0.05, 0.1) is 48.6 Å². The Hall–Kier alpha value is -4.08. The molecule has 3 fully saturated rings. The summed E-state index contributed by atoms with van der Waals surface area (Å²) in [6, 6.07) is 18.0. The van der Waals surface area contributed by atoms with E-state index < -0.39 is 89.5 Å². The van der Waals surface area contributed by atoms with Crippen molar-refractivity contribution in [2.75, 3.05) is 27.3 Å². The van der Waals surface area contributed by atoms with Crippen LogP contribution in [0.3, 0.4) is 0 Å². The molecule has 0 aromatic heterocycles. The van der Waals surface area contributed by atoms with E-state index in [-0.39, 0.29) is 43.8 Å². The van der Waals surface area contributed by atoms with Gasteiger partial charge in [0.15, 0.2) is 6.29 Å². The number of likely N-dealkylation sites (N-methyl/N-ethyl adjacent to an activating group) is 1. The minimum absolute atomic E-state index is 0.00620. The van der Waals surface area contributed by atoms with E-state index in [4.69, 9.17) is 28.4 Å². The van der Waals surface area contributed by atoms with Crippen molar-refractivity contribution in [1.29, 1.82) is 0 Å². The Kier molecular flexibility index (Phi) is 17.2. The second kappa shape index (κ2) is 21.7. The molecule has 2 aromatic carbocycles. The summed E-state index contributed by atoms with van der Waals surface area (Å²) >= 11 is 0. The Morgan fingerprint density at radius 2 is 1.62 bits per heavy atom. The van der Waals surface area contributed by atoms with Gasteiger partial charge >= 0.3 is 11.9 Å². The maximum Gasteiger partial charge on any atom is 0.338 e. The SMILES string of the molecule is CC[C@H]1OC(=O)[C@H](C)[C@@H](OC(=O)c2ccccc2)[C@H](C)[C@@H](O[C@@H]2O[C@H](C)C[C@H](N(C)C)[C@H]2O)[C@@]2(C)C[C@@H](C)C(=NC(C)=O)[C@H](C)[C@H](OC/C(=C/C=C\c3ccccc3)CO2)[C@]1(C)O. The summed E-state index contributed by atoms with van der Waals surface area (Å²) in [6.45, 7) is 15.9. The van der Waals surface area contributed by atoms with E-state index >= 15 is 0 Å². The standard InChI is InChI=1S/C50H70N2O11/c1-12-40-50(9,57)45-32(4)41(51-35(7)53)30(2)27-49(8,59-29-37(28-58-45)23-19-22-36-20-15-13-16-21-36)44(63-48-42(54)39(52(10)11)26-31(3)60-48)33(5)43(34(6)46(55)61-40)62-47(56)38-24-17-14-18-25-38/h13-25,30-34,39-40,42-45,48,54,57H,12,26-29H2,1-11H3/b22-19-,37-23-,51-41?/t30-,31-,32+,33+,34-,39+,40-,42-,43+,44-,45+,48+,49-,50-/m1/s1. The van der Waals surface area contributed by atoms with E-state index in [0.29, 0.717) is 17.7 Å². The molecular formula is C50H70N2O11. The average Bonchev–Trinajstić information content (AvgIpc) is 3.26. The second-order valence-corrected chi connectivity index (χ2v) is 18.4. The summed E-state index contributed by atoms with van der Waals surface area (Å²) in [4.78, 5) is 48.1. The second-order valence-electron chi connectivity index (χ2n) is 18.4. The molecule has 0 saturated carbocycles. The van der Waals surface area contributed by atoms with E-state index in [2.05, 4.69) is 4.99 Å². The number of amides is 1. The summed E-state index contributed by atoms with van der Waals surface area (Å²) in [7, 11) is 3.78.